The van der Waals surface area contributed by atoms with E-state index in [-0.39, 0.29) is 24.8 Å². The lowest BCUT2D eigenvalue weighted by Crippen LogP contribution is -2.37. The van der Waals surface area contributed by atoms with Crippen LogP contribution in [0.15, 0.2) is 42.7 Å². The Bertz CT molecular complexity index is 989. The summed E-state index contributed by atoms with van der Waals surface area (Å²) in [6, 6.07) is 8.87. The highest BCUT2D eigenvalue weighted by Gasteiger charge is 2.10. The standard InChI is InChI=1S/C20H21FIN5O2.CH4/c1-2-27(10-11-29-18-4-3-7-23-19(18)21)9-8-24-20(28)17-13-25-16-12-14(22)5-6-15(16)26-17;/h3-7,12-13H,2,8-11H2,1H3,(H,24,28);1H4. The number of carbonyl (C=O) groups excluding carboxylic acids is 1. The molecule has 0 atom stereocenters. The number of amides is 1. The van der Waals surface area contributed by atoms with Crippen LogP contribution in [-0.4, -0.2) is 58.5 Å². The van der Waals surface area contributed by atoms with Crippen LogP contribution >= 0.6 is 22.6 Å². The number of nitrogens with zero attached hydrogens (tertiary/aromatic N) is 4. The highest BCUT2D eigenvalue weighted by atomic mass is 127. The third kappa shape index (κ3) is 6.56. The molecule has 0 bridgehead atoms. The molecule has 0 aliphatic rings. The van der Waals surface area contributed by atoms with Crippen LogP contribution in [-0.2, 0) is 0 Å². The van der Waals surface area contributed by atoms with Crippen molar-refractivity contribution < 1.29 is 13.9 Å². The van der Waals surface area contributed by atoms with Crippen molar-refractivity contribution in [1.29, 1.82) is 0 Å². The van der Waals surface area contributed by atoms with Crippen molar-refractivity contribution in [3.8, 4) is 5.75 Å². The molecule has 3 aromatic rings. The van der Waals surface area contributed by atoms with E-state index in [1.807, 2.05) is 25.1 Å². The van der Waals surface area contributed by atoms with E-state index in [1.165, 1.54) is 12.4 Å². The summed E-state index contributed by atoms with van der Waals surface area (Å²) in [7, 11) is 0. The monoisotopic (exact) mass is 525 g/mol. The molecule has 0 saturated carbocycles. The van der Waals surface area contributed by atoms with Gasteiger partial charge in [0, 0.05) is 29.4 Å². The van der Waals surface area contributed by atoms with Crippen LogP contribution in [0.25, 0.3) is 11.0 Å². The number of rotatable bonds is 9. The van der Waals surface area contributed by atoms with Gasteiger partial charge in [0.25, 0.3) is 11.9 Å². The molecule has 3 rings (SSSR count). The normalized spacial score (nSPS) is 10.7. The Balaban J connectivity index is 0.00000320. The van der Waals surface area contributed by atoms with E-state index in [0.717, 1.165) is 15.6 Å². The lowest BCUT2D eigenvalue weighted by molar-refractivity contribution is 0.0942. The molecule has 0 radical (unpaired) electrons. The van der Waals surface area contributed by atoms with Crippen LogP contribution in [0.3, 0.4) is 0 Å². The molecule has 2 aromatic heterocycles. The van der Waals surface area contributed by atoms with E-state index in [2.05, 4.69) is 47.8 Å². The first-order valence-electron chi connectivity index (χ1n) is 9.23. The van der Waals surface area contributed by atoms with Gasteiger partial charge in [-0.25, -0.2) is 9.97 Å². The van der Waals surface area contributed by atoms with Gasteiger partial charge in [-0.05, 0) is 59.5 Å². The summed E-state index contributed by atoms with van der Waals surface area (Å²) in [5.41, 5.74) is 1.74. The lowest BCUT2D eigenvalue weighted by Gasteiger charge is -2.20. The molecular weight excluding hydrogens is 500 g/mol. The number of fused-ring (bicyclic) bond motifs is 1. The number of halogens is 2. The second-order valence-electron chi connectivity index (χ2n) is 6.22. The number of hydrogen-bond acceptors (Lipinski definition) is 6. The van der Waals surface area contributed by atoms with Crippen LogP contribution < -0.4 is 10.1 Å². The first-order valence-corrected chi connectivity index (χ1v) is 10.3. The smallest absolute Gasteiger partial charge is 0.271 e. The van der Waals surface area contributed by atoms with Gasteiger partial charge in [-0.15, -0.1) is 0 Å². The SMILES string of the molecule is C.CCN(CCNC(=O)c1cnc2cc(I)ccc2n1)CCOc1cccnc1F. The second-order valence-corrected chi connectivity index (χ2v) is 7.46. The van der Waals surface area contributed by atoms with E-state index in [9.17, 15) is 9.18 Å². The number of pyridine rings is 1. The van der Waals surface area contributed by atoms with Crippen molar-refractivity contribution >= 4 is 39.5 Å². The molecule has 0 unspecified atom stereocenters. The van der Waals surface area contributed by atoms with Crippen molar-refractivity contribution in [2.45, 2.75) is 14.4 Å². The van der Waals surface area contributed by atoms with Gasteiger partial charge in [-0.1, -0.05) is 14.4 Å². The molecule has 30 heavy (non-hydrogen) atoms. The Hall–Kier alpha value is -2.40. The molecule has 0 fully saturated rings. The second kappa shape index (κ2) is 11.7. The highest BCUT2D eigenvalue weighted by Crippen LogP contribution is 2.14. The average Bonchev–Trinajstić information content (AvgIpc) is 2.73. The van der Waals surface area contributed by atoms with E-state index in [4.69, 9.17) is 4.74 Å². The van der Waals surface area contributed by atoms with Gasteiger partial charge in [-0.2, -0.15) is 4.39 Å². The number of likely N-dealkylation sites (N-methyl/N-ethyl adjacent to an activating group) is 1. The van der Waals surface area contributed by atoms with E-state index in [1.54, 1.807) is 12.1 Å². The number of ether oxygens (including phenoxy) is 1. The average molecular weight is 525 g/mol. The Morgan fingerprint density at radius 1 is 1.23 bits per heavy atom. The summed E-state index contributed by atoms with van der Waals surface area (Å²) in [6.45, 7) is 4.83. The zero-order valence-corrected chi connectivity index (χ0v) is 18.1. The summed E-state index contributed by atoms with van der Waals surface area (Å²) < 4.78 is 20.0. The van der Waals surface area contributed by atoms with Crippen molar-refractivity contribution in [3.05, 3.63) is 57.9 Å². The summed E-state index contributed by atoms with van der Waals surface area (Å²) in [6.07, 6.45) is 2.87. The third-order valence-corrected chi connectivity index (χ3v) is 4.96. The summed E-state index contributed by atoms with van der Waals surface area (Å²) in [4.78, 5) is 26.7. The molecule has 9 heteroatoms. The first kappa shape index (κ1) is 23.9. The zero-order chi connectivity index (χ0) is 20.6. The Labute approximate surface area is 189 Å². The molecule has 0 aliphatic carbocycles. The van der Waals surface area contributed by atoms with Gasteiger partial charge in [0.1, 0.15) is 12.3 Å². The molecule has 0 spiro atoms. The van der Waals surface area contributed by atoms with Gasteiger partial charge >= 0.3 is 0 Å². The van der Waals surface area contributed by atoms with Crippen molar-refractivity contribution in [2.24, 2.45) is 0 Å². The minimum Gasteiger partial charge on any atom is -0.487 e. The maximum Gasteiger partial charge on any atom is 0.271 e. The Morgan fingerprint density at radius 2 is 2.07 bits per heavy atom. The number of hydrogen-bond donors (Lipinski definition) is 1. The van der Waals surface area contributed by atoms with Crippen LogP contribution in [0.5, 0.6) is 5.75 Å². The minimum absolute atomic E-state index is 0. The topological polar surface area (TPSA) is 80.2 Å². The number of aromatic nitrogens is 3. The van der Waals surface area contributed by atoms with E-state index >= 15 is 0 Å². The zero-order valence-electron chi connectivity index (χ0n) is 15.9. The lowest BCUT2D eigenvalue weighted by atomic mass is 10.3. The van der Waals surface area contributed by atoms with Crippen LogP contribution in [0.2, 0.25) is 0 Å². The molecule has 1 N–H and O–H groups in total. The molecule has 0 aliphatic heterocycles. The molecule has 0 saturated heterocycles. The molecular formula is C21H25FIN5O2. The van der Waals surface area contributed by atoms with Gasteiger partial charge in [0.15, 0.2) is 5.75 Å². The number of nitrogens with one attached hydrogen (secondary N) is 1. The third-order valence-electron chi connectivity index (χ3n) is 4.29. The van der Waals surface area contributed by atoms with Crippen molar-refractivity contribution in [3.63, 3.8) is 0 Å². The minimum atomic E-state index is -0.617. The fourth-order valence-corrected chi connectivity index (χ4v) is 3.18. The quantitative estimate of drug-likeness (QED) is 0.340. The fraction of sp³-hybridized carbons (Fsp3) is 0.333. The predicted octanol–water partition coefficient (Wildman–Crippen LogP) is 3.54. The van der Waals surface area contributed by atoms with Crippen LogP contribution in [0, 0.1) is 9.52 Å². The highest BCUT2D eigenvalue weighted by molar-refractivity contribution is 14.1. The van der Waals surface area contributed by atoms with E-state index in [0.29, 0.717) is 31.8 Å². The number of carbonyl (C=O) groups is 1. The summed E-state index contributed by atoms with van der Waals surface area (Å²) in [5.74, 6) is -0.738. The Kier molecular flexibility index (Phi) is 9.31. The number of benzene rings is 1. The predicted molar refractivity (Wildman–Crippen MR) is 123 cm³/mol. The van der Waals surface area contributed by atoms with E-state index < -0.39 is 5.95 Å². The maximum atomic E-state index is 13.5. The van der Waals surface area contributed by atoms with Gasteiger partial charge in [0.2, 0.25) is 0 Å². The van der Waals surface area contributed by atoms with Gasteiger partial charge in [-0.3, -0.25) is 14.7 Å². The summed E-state index contributed by atoms with van der Waals surface area (Å²) in [5, 5.41) is 2.86. The maximum absolute atomic E-state index is 13.5. The molecule has 1 amide bonds. The van der Waals surface area contributed by atoms with Crippen molar-refractivity contribution in [2.75, 3.05) is 32.8 Å². The molecule has 160 valence electrons. The van der Waals surface area contributed by atoms with Crippen LogP contribution in [0.1, 0.15) is 24.8 Å². The Morgan fingerprint density at radius 3 is 2.83 bits per heavy atom. The molecule has 1 aromatic carbocycles. The van der Waals surface area contributed by atoms with Crippen molar-refractivity contribution in [1.82, 2.24) is 25.2 Å². The fourth-order valence-electron chi connectivity index (χ4n) is 2.70. The molecule has 2 heterocycles. The largest absolute Gasteiger partial charge is 0.487 e. The van der Waals surface area contributed by atoms with Gasteiger partial charge in [0.05, 0.1) is 17.2 Å². The molecule has 7 nitrogen and oxygen atoms in total. The summed E-state index contributed by atoms with van der Waals surface area (Å²) >= 11 is 2.21. The van der Waals surface area contributed by atoms with Gasteiger partial charge < -0.3 is 10.1 Å². The first-order chi connectivity index (χ1) is 14.1. The van der Waals surface area contributed by atoms with Crippen LogP contribution in [0.4, 0.5) is 4.39 Å².